The summed E-state index contributed by atoms with van der Waals surface area (Å²) in [6.07, 6.45) is 2.18. The minimum Gasteiger partial charge on any atom is -0.464 e. The van der Waals surface area contributed by atoms with Gasteiger partial charge in [-0.1, -0.05) is 36.4 Å². The Labute approximate surface area is 166 Å². The van der Waals surface area contributed by atoms with Crippen molar-refractivity contribution in [1.29, 1.82) is 0 Å². The van der Waals surface area contributed by atoms with Crippen molar-refractivity contribution in [2.24, 2.45) is 0 Å². The van der Waals surface area contributed by atoms with Gasteiger partial charge in [-0.15, -0.1) is 0 Å². The highest BCUT2D eigenvalue weighted by molar-refractivity contribution is 5.92. The van der Waals surface area contributed by atoms with Gasteiger partial charge in [0.1, 0.15) is 5.58 Å². The first-order valence-electron chi connectivity index (χ1n) is 10.0. The highest BCUT2D eigenvalue weighted by atomic mass is 16.3. The normalized spacial score (nSPS) is 15.3. The SMILES string of the molecule is Cc1cc(C)c2c(CC(=O)N3CCN(Cc4ccccc4)CC3)coc2c1C. The lowest BCUT2D eigenvalue weighted by molar-refractivity contribution is -0.132. The summed E-state index contributed by atoms with van der Waals surface area (Å²) in [6.45, 7) is 10.7. The highest BCUT2D eigenvalue weighted by Gasteiger charge is 2.23. The lowest BCUT2D eigenvalue weighted by Crippen LogP contribution is -2.48. The predicted octanol–water partition coefficient (Wildman–Crippen LogP) is 4.24. The largest absolute Gasteiger partial charge is 0.464 e. The monoisotopic (exact) mass is 376 g/mol. The Bertz CT molecular complexity index is 983. The van der Waals surface area contributed by atoms with Crippen LogP contribution in [0.4, 0.5) is 0 Å². The molecule has 1 fully saturated rings. The third-order valence-corrected chi connectivity index (χ3v) is 5.94. The first-order valence-corrected chi connectivity index (χ1v) is 10.0. The van der Waals surface area contributed by atoms with Gasteiger partial charge in [0.05, 0.1) is 12.7 Å². The lowest BCUT2D eigenvalue weighted by Gasteiger charge is -2.34. The maximum Gasteiger partial charge on any atom is 0.227 e. The van der Waals surface area contributed by atoms with Gasteiger partial charge in [0.15, 0.2) is 0 Å². The quantitative estimate of drug-likeness (QED) is 0.683. The molecule has 0 bridgehead atoms. The molecule has 1 aliphatic heterocycles. The van der Waals surface area contributed by atoms with Crippen LogP contribution in [0.15, 0.2) is 47.1 Å². The maximum absolute atomic E-state index is 12.9. The fraction of sp³-hybridized carbons (Fsp3) is 0.375. The predicted molar refractivity (Wildman–Crippen MR) is 112 cm³/mol. The van der Waals surface area contributed by atoms with Crippen molar-refractivity contribution in [2.75, 3.05) is 26.2 Å². The number of fused-ring (bicyclic) bond motifs is 1. The van der Waals surface area contributed by atoms with Crippen molar-refractivity contribution in [3.63, 3.8) is 0 Å². The molecule has 28 heavy (non-hydrogen) atoms. The second-order valence-electron chi connectivity index (χ2n) is 7.92. The number of hydrogen-bond acceptors (Lipinski definition) is 3. The summed E-state index contributed by atoms with van der Waals surface area (Å²) in [7, 11) is 0. The third-order valence-electron chi connectivity index (χ3n) is 5.94. The van der Waals surface area contributed by atoms with Crippen LogP contribution in [0.25, 0.3) is 11.0 Å². The molecule has 1 saturated heterocycles. The topological polar surface area (TPSA) is 36.7 Å². The highest BCUT2D eigenvalue weighted by Crippen LogP contribution is 2.30. The lowest BCUT2D eigenvalue weighted by atomic mass is 9.98. The van der Waals surface area contributed by atoms with E-state index < -0.39 is 0 Å². The maximum atomic E-state index is 12.9. The van der Waals surface area contributed by atoms with Crippen LogP contribution < -0.4 is 0 Å². The van der Waals surface area contributed by atoms with E-state index in [1.807, 2.05) is 11.0 Å². The Balaban J connectivity index is 1.40. The summed E-state index contributed by atoms with van der Waals surface area (Å²) in [5.74, 6) is 0.194. The van der Waals surface area contributed by atoms with E-state index in [1.165, 1.54) is 16.7 Å². The fourth-order valence-corrected chi connectivity index (χ4v) is 4.19. The smallest absolute Gasteiger partial charge is 0.227 e. The molecule has 0 N–H and O–H groups in total. The molecule has 0 aliphatic carbocycles. The van der Waals surface area contributed by atoms with Crippen LogP contribution >= 0.6 is 0 Å². The molecule has 0 saturated carbocycles. The summed E-state index contributed by atoms with van der Waals surface area (Å²) < 4.78 is 5.83. The molecule has 0 unspecified atom stereocenters. The number of piperazine rings is 1. The Hall–Kier alpha value is -2.59. The zero-order valence-electron chi connectivity index (χ0n) is 17.0. The van der Waals surface area contributed by atoms with Gasteiger partial charge >= 0.3 is 0 Å². The van der Waals surface area contributed by atoms with Crippen LogP contribution in [0, 0.1) is 20.8 Å². The van der Waals surface area contributed by atoms with Crippen molar-refractivity contribution >= 4 is 16.9 Å². The molecule has 4 heteroatoms. The molecular formula is C24H28N2O2. The first kappa shape index (κ1) is 18.8. The number of benzene rings is 2. The number of carbonyl (C=O) groups excluding carboxylic acids is 1. The number of rotatable bonds is 4. The van der Waals surface area contributed by atoms with E-state index in [9.17, 15) is 4.79 Å². The van der Waals surface area contributed by atoms with Gasteiger partial charge in [-0.05, 0) is 43.0 Å². The van der Waals surface area contributed by atoms with Crippen LogP contribution in [0.2, 0.25) is 0 Å². The molecule has 1 aromatic heterocycles. The third kappa shape index (κ3) is 3.69. The second-order valence-corrected chi connectivity index (χ2v) is 7.92. The number of nitrogens with zero attached hydrogens (tertiary/aromatic N) is 2. The molecule has 4 rings (SSSR count). The van der Waals surface area contributed by atoms with Crippen LogP contribution in [-0.4, -0.2) is 41.9 Å². The molecule has 0 atom stereocenters. The molecule has 4 nitrogen and oxygen atoms in total. The standard InChI is InChI=1S/C24H28N2O2/c1-17-13-18(2)23-21(16-28-24(23)19(17)3)14-22(27)26-11-9-25(10-12-26)15-20-7-5-4-6-8-20/h4-8,13,16H,9-12,14-15H2,1-3H3. The molecule has 2 aromatic carbocycles. The summed E-state index contributed by atoms with van der Waals surface area (Å²) in [4.78, 5) is 17.3. The van der Waals surface area contributed by atoms with E-state index in [0.717, 1.165) is 54.8 Å². The van der Waals surface area contributed by atoms with Crippen molar-refractivity contribution in [1.82, 2.24) is 9.80 Å². The van der Waals surface area contributed by atoms with Crippen molar-refractivity contribution in [3.05, 3.63) is 70.5 Å². The molecule has 1 amide bonds. The van der Waals surface area contributed by atoms with Gasteiger partial charge in [0, 0.05) is 43.7 Å². The molecule has 146 valence electrons. The Morgan fingerprint density at radius 3 is 2.43 bits per heavy atom. The first-order chi connectivity index (χ1) is 13.5. The van der Waals surface area contributed by atoms with E-state index in [0.29, 0.717) is 6.42 Å². The minimum absolute atomic E-state index is 0.194. The summed E-state index contributed by atoms with van der Waals surface area (Å²) in [5, 5.41) is 1.11. The molecule has 2 heterocycles. The number of amides is 1. The molecule has 0 spiro atoms. The summed E-state index contributed by atoms with van der Waals surface area (Å²) in [5.41, 5.74) is 6.83. The number of carbonyl (C=O) groups is 1. The van der Waals surface area contributed by atoms with Crippen LogP contribution in [0.3, 0.4) is 0 Å². The van der Waals surface area contributed by atoms with Crippen molar-refractivity contribution in [2.45, 2.75) is 33.7 Å². The minimum atomic E-state index is 0.194. The van der Waals surface area contributed by atoms with E-state index in [1.54, 1.807) is 6.26 Å². The Morgan fingerprint density at radius 2 is 1.71 bits per heavy atom. The van der Waals surface area contributed by atoms with Gasteiger partial charge in [-0.2, -0.15) is 0 Å². The van der Waals surface area contributed by atoms with Crippen molar-refractivity contribution in [3.8, 4) is 0 Å². The summed E-state index contributed by atoms with van der Waals surface area (Å²) in [6, 6.07) is 12.7. The van der Waals surface area contributed by atoms with Gasteiger partial charge < -0.3 is 9.32 Å². The van der Waals surface area contributed by atoms with E-state index in [4.69, 9.17) is 4.42 Å². The molecular weight excluding hydrogens is 348 g/mol. The van der Waals surface area contributed by atoms with Crippen molar-refractivity contribution < 1.29 is 9.21 Å². The zero-order chi connectivity index (χ0) is 19.7. The average Bonchev–Trinajstić information content (AvgIpc) is 3.12. The second kappa shape index (κ2) is 7.80. The zero-order valence-corrected chi connectivity index (χ0v) is 17.0. The average molecular weight is 377 g/mol. The van der Waals surface area contributed by atoms with Crippen LogP contribution in [0.5, 0.6) is 0 Å². The van der Waals surface area contributed by atoms with Crippen LogP contribution in [-0.2, 0) is 17.8 Å². The van der Waals surface area contributed by atoms with Gasteiger partial charge in [-0.3, -0.25) is 9.69 Å². The van der Waals surface area contributed by atoms with E-state index in [2.05, 4.69) is 56.0 Å². The van der Waals surface area contributed by atoms with E-state index in [-0.39, 0.29) is 5.91 Å². The number of furan rings is 1. The number of hydrogen-bond donors (Lipinski definition) is 0. The number of aryl methyl sites for hydroxylation is 3. The molecule has 1 aliphatic rings. The molecule has 3 aromatic rings. The van der Waals surface area contributed by atoms with Gasteiger partial charge in [0.25, 0.3) is 0 Å². The van der Waals surface area contributed by atoms with E-state index >= 15 is 0 Å². The van der Waals surface area contributed by atoms with Crippen LogP contribution in [0.1, 0.15) is 27.8 Å². The Kier molecular flexibility index (Phi) is 5.23. The van der Waals surface area contributed by atoms with Gasteiger partial charge in [0.2, 0.25) is 5.91 Å². The molecule has 0 radical (unpaired) electrons. The fourth-order valence-electron chi connectivity index (χ4n) is 4.19. The summed E-state index contributed by atoms with van der Waals surface area (Å²) >= 11 is 0. The Morgan fingerprint density at radius 1 is 1.00 bits per heavy atom. The van der Waals surface area contributed by atoms with Gasteiger partial charge in [-0.25, -0.2) is 0 Å².